The van der Waals surface area contributed by atoms with Crippen molar-refractivity contribution in [2.24, 2.45) is 9.98 Å². The highest BCUT2D eigenvalue weighted by Crippen LogP contribution is 2.39. The highest BCUT2D eigenvalue weighted by Gasteiger charge is 2.24. The topological polar surface area (TPSA) is 99.2 Å². The van der Waals surface area contributed by atoms with Crippen LogP contribution in [0, 0.1) is 11.3 Å². The Morgan fingerprint density at radius 1 is 0.387 bits per heavy atom. The molecule has 2 heterocycles. The van der Waals surface area contributed by atoms with Gasteiger partial charge in [-0.2, -0.15) is 5.26 Å². The van der Waals surface area contributed by atoms with Crippen LogP contribution in [0.5, 0.6) is 0 Å². The number of rotatable bonds is 9. The zero-order valence-electron chi connectivity index (χ0n) is 33.5. The molecule has 1 atom stereocenters. The van der Waals surface area contributed by atoms with Crippen molar-refractivity contribution in [2.45, 2.75) is 6.17 Å². The molecule has 1 aliphatic heterocycles. The molecule has 0 spiro atoms. The molecule has 10 rings (SSSR count). The zero-order chi connectivity index (χ0) is 41.7. The van der Waals surface area contributed by atoms with Gasteiger partial charge in [0.25, 0.3) is 0 Å². The lowest BCUT2D eigenvalue weighted by atomic mass is 9.90. The molecule has 0 fully saturated rings. The lowest BCUT2D eigenvalue weighted by Crippen LogP contribution is -2.33. The summed E-state index contributed by atoms with van der Waals surface area (Å²) in [5.41, 5.74) is 12.3. The van der Waals surface area contributed by atoms with Crippen LogP contribution in [0.4, 0.5) is 0 Å². The fourth-order valence-electron chi connectivity index (χ4n) is 7.73. The lowest BCUT2D eigenvalue weighted by Gasteiger charge is -2.24. The summed E-state index contributed by atoms with van der Waals surface area (Å²) in [4.78, 5) is 25.6. The van der Waals surface area contributed by atoms with Crippen molar-refractivity contribution in [1.29, 1.82) is 5.26 Å². The van der Waals surface area contributed by atoms with Crippen molar-refractivity contribution < 1.29 is 0 Å². The van der Waals surface area contributed by atoms with Crippen LogP contribution in [-0.4, -0.2) is 26.6 Å². The molecule has 0 saturated carbocycles. The summed E-state index contributed by atoms with van der Waals surface area (Å²) in [5.74, 6) is 3.15. The Bertz CT molecular complexity index is 3080. The summed E-state index contributed by atoms with van der Waals surface area (Å²) >= 11 is 0. The number of nitriles is 1. The molecular formula is C55H37N7. The van der Waals surface area contributed by atoms with E-state index in [0.717, 1.165) is 72.6 Å². The quantitative estimate of drug-likeness (QED) is 0.157. The van der Waals surface area contributed by atoms with Gasteiger partial charge in [0.05, 0.1) is 11.6 Å². The van der Waals surface area contributed by atoms with Crippen molar-refractivity contribution in [3.8, 4) is 73.6 Å². The van der Waals surface area contributed by atoms with Crippen LogP contribution in [0.25, 0.3) is 67.5 Å². The van der Waals surface area contributed by atoms with E-state index in [2.05, 4.69) is 102 Å². The molecular weight excluding hydrogens is 759 g/mol. The van der Waals surface area contributed by atoms with Gasteiger partial charge in [0, 0.05) is 27.8 Å². The second-order valence-corrected chi connectivity index (χ2v) is 14.9. The molecule has 1 aliphatic rings. The summed E-state index contributed by atoms with van der Waals surface area (Å²) in [6.45, 7) is 0. The number of amidine groups is 2. The fourth-order valence-corrected chi connectivity index (χ4v) is 7.73. The van der Waals surface area contributed by atoms with E-state index in [1.54, 1.807) is 0 Å². The first-order valence-corrected chi connectivity index (χ1v) is 20.4. The number of hydrogen-bond acceptors (Lipinski definition) is 7. The van der Waals surface area contributed by atoms with Gasteiger partial charge in [0.2, 0.25) is 0 Å². The molecule has 1 unspecified atom stereocenters. The first kappa shape index (κ1) is 37.7. The summed E-state index contributed by atoms with van der Waals surface area (Å²) in [6, 6.07) is 73.7. The number of aromatic nitrogens is 3. The third-order valence-corrected chi connectivity index (χ3v) is 10.9. The minimum absolute atomic E-state index is 0.418. The molecule has 62 heavy (non-hydrogen) atoms. The van der Waals surface area contributed by atoms with Gasteiger partial charge in [-0.25, -0.2) is 24.9 Å². The van der Waals surface area contributed by atoms with Crippen LogP contribution in [0.3, 0.4) is 0 Å². The molecule has 7 nitrogen and oxygen atoms in total. The third kappa shape index (κ3) is 7.80. The minimum Gasteiger partial charge on any atom is -0.344 e. The highest BCUT2D eigenvalue weighted by atomic mass is 15.2. The van der Waals surface area contributed by atoms with Crippen LogP contribution >= 0.6 is 0 Å². The van der Waals surface area contributed by atoms with Gasteiger partial charge >= 0.3 is 0 Å². The number of nitrogens with one attached hydrogen (secondary N) is 1. The van der Waals surface area contributed by atoms with Crippen molar-refractivity contribution in [3.63, 3.8) is 0 Å². The van der Waals surface area contributed by atoms with Crippen molar-refractivity contribution >= 4 is 11.7 Å². The Hall–Kier alpha value is -8.60. The van der Waals surface area contributed by atoms with E-state index < -0.39 is 6.17 Å². The van der Waals surface area contributed by atoms with Gasteiger partial charge < -0.3 is 5.32 Å². The summed E-state index contributed by atoms with van der Waals surface area (Å²) in [6.07, 6.45) is -0.418. The standard InChI is InChI=1S/C55H37N7/c56-36-37-28-30-38(31-29-37)43-24-15-25-44(34-43)53-58-50(40-18-7-2-8-19-40)59-54(60-53)45-32-33-47(49(35-45)39-16-5-1-6-17-39)46-26-13-14-27-48(46)55-61-51(41-20-9-3-10-21-41)57-52(62-55)42-22-11-4-12-23-42/h1-35,53H,(H,58,59,60). The molecule has 8 aromatic carbocycles. The second-order valence-electron chi connectivity index (χ2n) is 14.9. The fraction of sp³-hybridized carbons (Fsp3) is 0.0182. The first-order valence-electron chi connectivity index (χ1n) is 20.4. The lowest BCUT2D eigenvalue weighted by molar-refractivity contribution is 0.674. The maximum Gasteiger partial charge on any atom is 0.164 e. The Kier molecular flexibility index (Phi) is 10.3. The first-order chi connectivity index (χ1) is 30.7. The van der Waals surface area contributed by atoms with Gasteiger partial charge in [0.15, 0.2) is 23.3 Å². The minimum atomic E-state index is -0.418. The summed E-state index contributed by atoms with van der Waals surface area (Å²) in [5, 5.41) is 13.0. The maximum absolute atomic E-state index is 9.36. The van der Waals surface area contributed by atoms with E-state index in [9.17, 15) is 5.26 Å². The van der Waals surface area contributed by atoms with Crippen LogP contribution in [0.15, 0.2) is 222 Å². The predicted molar refractivity (Wildman–Crippen MR) is 249 cm³/mol. The predicted octanol–water partition coefficient (Wildman–Crippen LogP) is 12.2. The molecule has 0 bridgehead atoms. The Balaban J connectivity index is 1.11. The van der Waals surface area contributed by atoms with Crippen molar-refractivity contribution in [1.82, 2.24) is 20.3 Å². The van der Waals surface area contributed by atoms with E-state index in [-0.39, 0.29) is 0 Å². The van der Waals surface area contributed by atoms with Gasteiger partial charge in [0.1, 0.15) is 12.0 Å². The second kappa shape index (κ2) is 16.9. The van der Waals surface area contributed by atoms with Gasteiger partial charge in [-0.05, 0) is 63.2 Å². The Labute approximate surface area is 360 Å². The molecule has 1 N–H and O–H groups in total. The van der Waals surface area contributed by atoms with Crippen LogP contribution in [-0.2, 0) is 0 Å². The average Bonchev–Trinajstić information content (AvgIpc) is 3.37. The normalized spacial score (nSPS) is 13.3. The molecule has 292 valence electrons. The monoisotopic (exact) mass is 795 g/mol. The molecule has 0 saturated heterocycles. The number of nitrogens with zero attached hydrogens (tertiary/aromatic N) is 6. The average molecular weight is 796 g/mol. The smallest absolute Gasteiger partial charge is 0.164 e. The molecule has 1 aromatic heterocycles. The van der Waals surface area contributed by atoms with Crippen LogP contribution in [0.1, 0.15) is 28.4 Å². The van der Waals surface area contributed by atoms with E-state index in [1.165, 1.54) is 0 Å². The van der Waals surface area contributed by atoms with Gasteiger partial charge in [-0.1, -0.05) is 188 Å². The Morgan fingerprint density at radius 2 is 0.903 bits per heavy atom. The van der Waals surface area contributed by atoms with Gasteiger partial charge in [-0.15, -0.1) is 0 Å². The maximum atomic E-state index is 9.36. The number of benzene rings is 8. The largest absolute Gasteiger partial charge is 0.344 e. The Morgan fingerprint density at radius 3 is 1.53 bits per heavy atom. The summed E-state index contributed by atoms with van der Waals surface area (Å²) in [7, 11) is 0. The van der Waals surface area contributed by atoms with E-state index >= 15 is 0 Å². The van der Waals surface area contributed by atoms with Crippen molar-refractivity contribution in [3.05, 3.63) is 235 Å². The van der Waals surface area contributed by atoms with E-state index in [1.807, 2.05) is 121 Å². The highest BCUT2D eigenvalue weighted by molar-refractivity contribution is 6.13. The number of aliphatic imine (C=N–C) groups is 2. The van der Waals surface area contributed by atoms with Gasteiger partial charge in [-0.3, -0.25) is 0 Å². The van der Waals surface area contributed by atoms with Crippen LogP contribution in [0.2, 0.25) is 0 Å². The molecule has 7 heteroatoms. The molecule has 0 amide bonds. The zero-order valence-corrected chi connectivity index (χ0v) is 33.5. The van der Waals surface area contributed by atoms with E-state index in [0.29, 0.717) is 28.9 Å². The van der Waals surface area contributed by atoms with E-state index in [4.69, 9.17) is 24.9 Å². The molecule has 9 aromatic rings. The molecule has 0 aliphatic carbocycles. The summed E-state index contributed by atoms with van der Waals surface area (Å²) < 4.78 is 0. The van der Waals surface area contributed by atoms with Crippen LogP contribution < -0.4 is 5.32 Å². The number of hydrogen-bond donors (Lipinski definition) is 1. The SMILES string of the molecule is N#Cc1ccc(-c2cccc(C3N=C(c4ccc(-c5ccccc5-c5nc(-c6ccccc6)nc(-c6ccccc6)n5)c(-c5ccccc5)c4)N=C(c4ccccc4)N3)c2)cc1. The van der Waals surface area contributed by atoms with Crippen molar-refractivity contribution in [2.75, 3.05) is 0 Å². The third-order valence-electron chi connectivity index (χ3n) is 10.9. The molecule has 0 radical (unpaired) electrons.